The molecule has 0 spiro atoms. The third kappa shape index (κ3) is 4.34. The molecule has 0 saturated carbocycles. The van der Waals surface area contributed by atoms with Crippen LogP contribution in [0.5, 0.6) is 5.75 Å². The fourth-order valence-electron chi connectivity index (χ4n) is 3.11. The van der Waals surface area contributed by atoms with E-state index in [1.807, 2.05) is 62.4 Å². The van der Waals surface area contributed by atoms with Gasteiger partial charge in [-0.15, -0.1) is 0 Å². The van der Waals surface area contributed by atoms with Crippen molar-refractivity contribution in [3.05, 3.63) is 76.5 Å². The highest BCUT2D eigenvalue weighted by Crippen LogP contribution is 2.30. The average molecular weight is 380 g/mol. The molecule has 0 saturated heterocycles. The zero-order valence-corrected chi connectivity index (χ0v) is 16.2. The summed E-state index contributed by atoms with van der Waals surface area (Å²) in [4.78, 5) is 24.3. The summed E-state index contributed by atoms with van der Waals surface area (Å²) in [7, 11) is 1.33. The summed E-state index contributed by atoms with van der Waals surface area (Å²) < 4.78 is 10.7. The van der Waals surface area contributed by atoms with Gasteiger partial charge in [0.05, 0.1) is 18.7 Å². The van der Waals surface area contributed by atoms with Gasteiger partial charge in [-0.25, -0.2) is 9.59 Å². The Morgan fingerprint density at radius 1 is 1.07 bits per heavy atom. The number of amides is 2. The van der Waals surface area contributed by atoms with Crippen LogP contribution in [0.25, 0.3) is 0 Å². The van der Waals surface area contributed by atoms with Crippen LogP contribution in [0.3, 0.4) is 0 Å². The van der Waals surface area contributed by atoms with Gasteiger partial charge in [-0.3, -0.25) is 0 Å². The van der Waals surface area contributed by atoms with Crippen LogP contribution in [0.1, 0.15) is 36.1 Å². The van der Waals surface area contributed by atoms with Crippen LogP contribution in [0.2, 0.25) is 0 Å². The number of carbonyl (C=O) groups is 2. The Kier molecular flexibility index (Phi) is 5.99. The maximum absolute atomic E-state index is 12.3. The molecule has 146 valence electrons. The fraction of sp³-hybridized carbons (Fsp3) is 0.273. The molecule has 1 unspecified atom stereocenters. The molecule has 0 aromatic heterocycles. The SMILES string of the molecule is CCC1=C(C(=O)OC)C(c2ccc(OCc3ccc(C)cc3)cc2)NC(=O)N1. The summed E-state index contributed by atoms with van der Waals surface area (Å²) in [5.41, 5.74) is 4.06. The second-order valence-electron chi connectivity index (χ2n) is 6.61. The van der Waals surface area contributed by atoms with Crippen molar-refractivity contribution >= 4 is 12.0 Å². The summed E-state index contributed by atoms with van der Waals surface area (Å²) in [5, 5.41) is 5.48. The standard InChI is InChI=1S/C22H24N2O4/c1-4-18-19(21(25)27-3)20(24-22(26)23-18)16-9-11-17(12-10-16)28-13-15-7-5-14(2)6-8-15/h5-12,20H,4,13H2,1-3H3,(H2,23,24,26). The highest BCUT2D eigenvalue weighted by molar-refractivity contribution is 5.95. The number of hydrogen-bond acceptors (Lipinski definition) is 4. The lowest BCUT2D eigenvalue weighted by atomic mass is 9.94. The maximum atomic E-state index is 12.3. The number of benzene rings is 2. The molecule has 0 radical (unpaired) electrons. The van der Waals surface area contributed by atoms with Crippen molar-refractivity contribution in [1.82, 2.24) is 10.6 Å². The molecule has 1 aliphatic rings. The smallest absolute Gasteiger partial charge is 0.337 e. The number of methoxy groups -OCH3 is 1. The largest absolute Gasteiger partial charge is 0.489 e. The Morgan fingerprint density at radius 3 is 2.36 bits per heavy atom. The molecule has 1 heterocycles. The Labute approximate surface area is 164 Å². The lowest BCUT2D eigenvalue weighted by Crippen LogP contribution is -2.45. The molecule has 28 heavy (non-hydrogen) atoms. The highest BCUT2D eigenvalue weighted by atomic mass is 16.5. The first-order chi connectivity index (χ1) is 13.5. The van der Waals surface area contributed by atoms with E-state index >= 15 is 0 Å². The van der Waals surface area contributed by atoms with E-state index in [9.17, 15) is 9.59 Å². The molecule has 6 heteroatoms. The molecule has 2 aromatic carbocycles. The summed E-state index contributed by atoms with van der Waals surface area (Å²) in [6.45, 7) is 4.39. The minimum atomic E-state index is -0.567. The Bertz CT molecular complexity index is 886. The summed E-state index contributed by atoms with van der Waals surface area (Å²) >= 11 is 0. The number of esters is 1. The first kappa shape index (κ1) is 19.5. The monoisotopic (exact) mass is 380 g/mol. The second-order valence-corrected chi connectivity index (χ2v) is 6.61. The molecule has 0 fully saturated rings. The number of allylic oxidation sites excluding steroid dienone is 1. The third-order valence-electron chi connectivity index (χ3n) is 4.65. The number of hydrogen-bond donors (Lipinski definition) is 2. The van der Waals surface area contributed by atoms with Crippen LogP contribution in [-0.2, 0) is 16.1 Å². The lowest BCUT2D eigenvalue weighted by molar-refractivity contribution is -0.136. The first-order valence-electron chi connectivity index (χ1n) is 9.19. The van der Waals surface area contributed by atoms with Crippen molar-refractivity contribution in [2.45, 2.75) is 32.9 Å². The van der Waals surface area contributed by atoms with Gasteiger partial charge in [0.15, 0.2) is 0 Å². The summed E-state index contributed by atoms with van der Waals surface area (Å²) in [5.74, 6) is 0.248. The van der Waals surface area contributed by atoms with Crippen LogP contribution >= 0.6 is 0 Å². The number of urea groups is 1. The predicted octanol–water partition coefficient (Wildman–Crippen LogP) is 3.77. The van der Waals surface area contributed by atoms with E-state index < -0.39 is 12.0 Å². The maximum Gasteiger partial charge on any atom is 0.337 e. The number of carbonyl (C=O) groups excluding carboxylic acids is 2. The van der Waals surface area contributed by atoms with E-state index in [0.29, 0.717) is 30.0 Å². The molecule has 2 amide bonds. The van der Waals surface area contributed by atoms with Crippen molar-refractivity contribution in [3.63, 3.8) is 0 Å². The Morgan fingerprint density at radius 2 is 1.75 bits per heavy atom. The van der Waals surface area contributed by atoms with E-state index in [4.69, 9.17) is 9.47 Å². The summed E-state index contributed by atoms with van der Waals surface area (Å²) in [6.07, 6.45) is 0.520. The molecule has 0 aliphatic carbocycles. The molecule has 1 atom stereocenters. The van der Waals surface area contributed by atoms with Crippen LogP contribution in [0.4, 0.5) is 4.79 Å². The number of rotatable bonds is 6. The molecule has 2 aromatic rings. The lowest BCUT2D eigenvalue weighted by Gasteiger charge is -2.28. The topological polar surface area (TPSA) is 76.7 Å². The minimum Gasteiger partial charge on any atom is -0.489 e. The molecule has 3 rings (SSSR count). The zero-order chi connectivity index (χ0) is 20.1. The highest BCUT2D eigenvalue weighted by Gasteiger charge is 2.32. The van der Waals surface area contributed by atoms with E-state index in [1.165, 1.54) is 12.7 Å². The van der Waals surface area contributed by atoms with Crippen molar-refractivity contribution in [3.8, 4) is 5.75 Å². The number of ether oxygens (including phenoxy) is 2. The Balaban J connectivity index is 1.78. The van der Waals surface area contributed by atoms with Crippen LogP contribution in [0, 0.1) is 6.92 Å². The van der Waals surface area contributed by atoms with E-state index in [1.54, 1.807) is 0 Å². The van der Waals surface area contributed by atoms with Crippen LogP contribution < -0.4 is 15.4 Å². The van der Waals surface area contributed by atoms with Gasteiger partial charge in [0, 0.05) is 5.70 Å². The zero-order valence-electron chi connectivity index (χ0n) is 16.2. The Hall–Kier alpha value is -3.28. The molecule has 0 bridgehead atoms. The molecule has 6 nitrogen and oxygen atoms in total. The fourth-order valence-corrected chi connectivity index (χ4v) is 3.11. The van der Waals surface area contributed by atoms with Crippen molar-refractivity contribution in [2.75, 3.05) is 7.11 Å². The molecule has 2 N–H and O–H groups in total. The van der Waals surface area contributed by atoms with Gasteiger partial charge in [-0.1, -0.05) is 48.9 Å². The van der Waals surface area contributed by atoms with Gasteiger partial charge in [0.25, 0.3) is 0 Å². The van der Waals surface area contributed by atoms with Gasteiger partial charge < -0.3 is 20.1 Å². The van der Waals surface area contributed by atoms with Crippen molar-refractivity contribution in [1.29, 1.82) is 0 Å². The van der Waals surface area contributed by atoms with Gasteiger partial charge in [-0.2, -0.15) is 0 Å². The predicted molar refractivity (Wildman–Crippen MR) is 106 cm³/mol. The normalized spacial score (nSPS) is 16.2. The van der Waals surface area contributed by atoms with E-state index in [2.05, 4.69) is 10.6 Å². The molecular formula is C22H24N2O4. The van der Waals surface area contributed by atoms with E-state index in [0.717, 1.165) is 11.1 Å². The van der Waals surface area contributed by atoms with Crippen molar-refractivity contribution < 1.29 is 19.1 Å². The molecule has 1 aliphatic heterocycles. The van der Waals surface area contributed by atoms with Gasteiger partial charge >= 0.3 is 12.0 Å². The summed E-state index contributed by atoms with van der Waals surface area (Å²) in [6, 6.07) is 14.6. The van der Waals surface area contributed by atoms with Crippen molar-refractivity contribution in [2.24, 2.45) is 0 Å². The number of aryl methyl sites for hydroxylation is 1. The van der Waals surface area contributed by atoms with Crippen LogP contribution in [-0.4, -0.2) is 19.1 Å². The van der Waals surface area contributed by atoms with E-state index in [-0.39, 0.29) is 6.03 Å². The molecular weight excluding hydrogens is 356 g/mol. The second kappa shape index (κ2) is 8.61. The van der Waals surface area contributed by atoms with Gasteiger partial charge in [0.1, 0.15) is 12.4 Å². The minimum absolute atomic E-state index is 0.339. The van der Waals surface area contributed by atoms with Gasteiger partial charge in [0.2, 0.25) is 0 Å². The third-order valence-corrected chi connectivity index (χ3v) is 4.65. The quantitative estimate of drug-likeness (QED) is 0.748. The van der Waals surface area contributed by atoms with Gasteiger partial charge in [-0.05, 0) is 36.6 Å². The average Bonchev–Trinajstić information content (AvgIpc) is 2.72. The first-order valence-corrected chi connectivity index (χ1v) is 9.19. The number of nitrogens with one attached hydrogen (secondary N) is 2. The van der Waals surface area contributed by atoms with Crippen LogP contribution in [0.15, 0.2) is 59.8 Å².